The fraction of sp³-hybridized carbons (Fsp3) is 0.158. The van der Waals surface area contributed by atoms with Crippen molar-refractivity contribution in [3.05, 3.63) is 68.7 Å². The molecule has 30 heavy (non-hydrogen) atoms. The van der Waals surface area contributed by atoms with E-state index in [2.05, 4.69) is 20.5 Å². The first-order valence-electron chi connectivity index (χ1n) is 8.63. The Morgan fingerprint density at radius 2 is 2.00 bits per heavy atom. The van der Waals surface area contributed by atoms with E-state index in [-0.39, 0.29) is 33.7 Å². The van der Waals surface area contributed by atoms with Crippen LogP contribution >= 0.6 is 23.4 Å². The van der Waals surface area contributed by atoms with E-state index in [1.54, 1.807) is 12.1 Å². The molecular weight excluding hydrogens is 430 g/mol. The SMILES string of the molecule is Cc1cc(C)nc(SCC(=O)N/N=C\c2ccc(-c3ccc(Cl)cc3[N+](=O)[O-])o2)n1. The van der Waals surface area contributed by atoms with Gasteiger partial charge in [-0.15, -0.1) is 0 Å². The molecule has 0 saturated carbocycles. The summed E-state index contributed by atoms with van der Waals surface area (Å²) in [5.74, 6) is 0.369. The minimum Gasteiger partial charge on any atom is -0.455 e. The fourth-order valence-electron chi connectivity index (χ4n) is 2.52. The van der Waals surface area contributed by atoms with Gasteiger partial charge in [-0.2, -0.15) is 5.10 Å². The molecular formula is C19H16ClN5O4S. The van der Waals surface area contributed by atoms with Crippen molar-refractivity contribution < 1.29 is 14.1 Å². The first kappa shape index (κ1) is 21.5. The summed E-state index contributed by atoms with van der Waals surface area (Å²) in [7, 11) is 0. The van der Waals surface area contributed by atoms with Gasteiger partial charge in [-0.1, -0.05) is 23.4 Å². The van der Waals surface area contributed by atoms with Crippen molar-refractivity contribution >= 4 is 41.2 Å². The second-order valence-electron chi connectivity index (χ2n) is 6.14. The van der Waals surface area contributed by atoms with Crippen molar-refractivity contribution in [2.45, 2.75) is 19.0 Å². The van der Waals surface area contributed by atoms with E-state index in [9.17, 15) is 14.9 Å². The highest BCUT2D eigenvalue weighted by molar-refractivity contribution is 7.99. The Bertz CT molecular complexity index is 1110. The molecule has 1 amide bonds. The zero-order valence-corrected chi connectivity index (χ0v) is 17.5. The van der Waals surface area contributed by atoms with Crippen molar-refractivity contribution in [2.75, 3.05) is 5.75 Å². The van der Waals surface area contributed by atoms with Gasteiger partial charge in [0.15, 0.2) is 5.16 Å². The molecule has 2 aromatic heterocycles. The molecule has 0 aliphatic heterocycles. The maximum Gasteiger partial charge on any atom is 0.281 e. The van der Waals surface area contributed by atoms with Gasteiger partial charge in [0.2, 0.25) is 0 Å². The number of hydrogen-bond acceptors (Lipinski definition) is 8. The van der Waals surface area contributed by atoms with Gasteiger partial charge >= 0.3 is 0 Å². The summed E-state index contributed by atoms with van der Waals surface area (Å²) in [5, 5.41) is 15.8. The lowest BCUT2D eigenvalue weighted by molar-refractivity contribution is -0.384. The van der Waals surface area contributed by atoms with Crippen molar-refractivity contribution in [3.63, 3.8) is 0 Å². The van der Waals surface area contributed by atoms with Crippen molar-refractivity contribution in [2.24, 2.45) is 5.10 Å². The second kappa shape index (κ2) is 9.51. The molecule has 2 heterocycles. The number of benzene rings is 1. The molecule has 154 valence electrons. The van der Waals surface area contributed by atoms with E-state index < -0.39 is 4.92 Å². The lowest BCUT2D eigenvalue weighted by Gasteiger charge is -2.02. The quantitative estimate of drug-likeness (QED) is 0.190. The second-order valence-corrected chi connectivity index (χ2v) is 7.51. The highest BCUT2D eigenvalue weighted by atomic mass is 35.5. The fourth-order valence-corrected chi connectivity index (χ4v) is 3.43. The largest absolute Gasteiger partial charge is 0.455 e. The molecule has 0 fully saturated rings. The Morgan fingerprint density at radius 3 is 2.70 bits per heavy atom. The third kappa shape index (κ3) is 5.65. The van der Waals surface area contributed by atoms with Gasteiger partial charge in [-0.25, -0.2) is 15.4 Å². The lowest BCUT2D eigenvalue weighted by atomic mass is 10.1. The summed E-state index contributed by atoms with van der Waals surface area (Å²) >= 11 is 7.03. The third-order valence-corrected chi connectivity index (χ3v) is 4.81. The molecule has 1 N–H and O–H groups in total. The average Bonchev–Trinajstić information content (AvgIpc) is 3.14. The summed E-state index contributed by atoms with van der Waals surface area (Å²) in [6.45, 7) is 3.72. The van der Waals surface area contributed by atoms with Crippen molar-refractivity contribution in [1.82, 2.24) is 15.4 Å². The van der Waals surface area contributed by atoms with Gasteiger partial charge in [0.1, 0.15) is 11.5 Å². The number of hydrazone groups is 1. The van der Waals surface area contributed by atoms with Crippen LogP contribution < -0.4 is 5.43 Å². The predicted molar refractivity (Wildman–Crippen MR) is 114 cm³/mol. The highest BCUT2D eigenvalue weighted by Crippen LogP contribution is 2.33. The molecule has 0 spiro atoms. The Labute approximate surface area is 180 Å². The predicted octanol–water partition coefficient (Wildman–Crippen LogP) is 4.16. The summed E-state index contributed by atoms with van der Waals surface area (Å²) in [6.07, 6.45) is 1.31. The molecule has 0 bridgehead atoms. The van der Waals surface area contributed by atoms with Crippen LogP contribution in [0.25, 0.3) is 11.3 Å². The van der Waals surface area contributed by atoms with E-state index in [0.717, 1.165) is 11.4 Å². The van der Waals surface area contributed by atoms with Crippen LogP contribution in [0.1, 0.15) is 17.1 Å². The number of carbonyl (C=O) groups excluding carboxylic acids is 1. The first-order valence-corrected chi connectivity index (χ1v) is 9.99. The molecule has 0 aliphatic carbocycles. The van der Waals surface area contributed by atoms with Crippen LogP contribution in [0.4, 0.5) is 5.69 Å². The Kier molecular flexibility index (Phi) is 6.80. The van der Waals surface area contributed by atoms with Crippen LogP contribution in [-0.2, 0) is 4.79 Å². The van der Waals surface area contributed by atoms with Gasteiger partial charge in [-0.05, 0) is 44.2 Å². The number of rotatable bonds is 7. The number of furan rings is 1. The number of nitrogens with zero attached hydrogens (tertiary/aromatic N) is 4. The summed E-state index contributed by atoms with van der Waals surface area (Å²) < 4.78 is 5.56. The number of nitro benzene ring substituents is 1. The molecule has 0 aliphatic rings. The molecule has 0 saturated heterocycles. The summed E-state index contributed by atoms with van der Waals surface area (Å²) in [5.41, 5.74) is 4.17. The number of nitro groups is 1. The molecule has 11 heteroatoms. The van der Waals surface area contributed by atoms with E-state index in [0.29, 0.717) is 10.9 Å². The number of aromatic nitrogens is 2. The average molecular weight is 446 g/mol. The zero-order valence-electron chi connectivity index (χ0n) is 16.0. The number of amides is 1. The summed E-state index contributed by atoms with van der Waals surface area (Å²) in [4.78, 5) is 31.1. The third-order valence-electron chi connectivity index (χ3n) is 3.72. The molecule has 1 aromatic carbocycles. The Hall–Kier alpha value is -3.24. The van der Waals surface area contributed by atoms with Crippen LogP contribution in [0, 0.1) is 24.0 Å². The molecule has 9 nitrogen and oxygen atoms in total. The number of nitrogens with one attached hydrogen (secondary N) is 1. The van der Waals surface area contributed by atoms with Crippen LogP contribution in [-0.4, -0.2) is 32.8 Å². The number of halogens is 1. The number of hydrogen-bond donors (Lipinski definition) is 1. The van der Waals surface area contributed by atoms with E-state index >= 15 is 0 Å². The zero-order chi connectivity index (χ0) is 21.7. The van der Waals surface area contributed by atoms with E-state index in [1.165, 1.54) is 36.2 Å². The van der Waals surface area contributed by atoms with Crippen LogP contribution in [0.5, 0.6) is 0 Å². The van der Waals surface area contributed by atoms with E-state index in [4.69, 9.17) is 16.0 Å². The normalized spacial score (nSPS) is 11.0. The molecule has 3 aromatic rings. The minimum absolute atomic E-state index is 0.0978. The standard InChI is InChI=1S/C19H16ClN5O4S/c1-11-7-12(2)23-19(22-11)30-10-18(26)24-21-9-14-4-6-17(29-14)15-5-3-13(20)8-16(15)25(27)28/h3-9H,10H2,1-2H3,(H,24,26)/b21-9-. The van der Waals surface area contributed by atoms with Gasteiger partial charge < -0.3 is 4.42 Å². The van der Waals surface area contributed by atoms with Gasteiger partial charge in [-0.3, -0.25) is 14.9 Å². The maximum atomic E-state index is 11.9. The van der Waals surface area contributed by atoms with Crippen LogP contribution in [0.15, 0.2) is 51.1 Å². The maximum absolute atomic E-state index is 11.9. The first-order chi connectivity index (χ1) is 14.3. The topological polar surface area (TPSA) is 124 Å². The number of carbonyl (C=O) groups is 1. The van der Waals surface area contributed by atoms with Gasteiger partial charge in [0.05, 0.1) is 22.5 Å². The van der Waals surface area contributed by atoms with Crippen molar-refractivity contribution in [1.29, 1.82) is 0 Å². The van der Waals surface area contributed by atoms with Crippen molar-refractivity contribution in [3.8, 4) is 11.3 Å². The molecule has 0 unspecified atom stereocenters. The smallest absolute Gasteiger partial charge is 0.281 e. The van der Waals surface area contributed by atoms with E-state index in [1.807, 2.05) is 19.9 Å². The Balaban J connectivity index is 1.59. The van der Waals surface area contributed by atoms with Gasteiger partial charge in [0.25, 0.3) is 11.6 Å². The monoisotopic (exact) mass is 445 g/mol. The molecule has 3 rings (SSSR count). The van der Waals surface area contributed by atoms with Gasteiger partial charge in [0, 0.05) is 22.5 Å². The number of aryl methyl sites for hydroxylation is 2. The highest BCUT2D eigenvalue weighted by Gasteiger charge is 2.18. The molecule has 0 radical (unpaired) electrons. The molecule has 0 atom stereocenters. The van der Waals surface area contributed by atoms with Crippen LogP contribution in [0.3, 0.4) is 0 Å². The Morgan fingerprint density at radius 1 is 1.27 bits per heavy atom. The lowest BCUT2D eigenvalue weighted by Crippen LogP contribution is -2.19. The number of thioether (sulfide) groups is 1. The van der Waals surface area contributed by atoms with Crippen LogP contribution in [0.2, 0.25) is 5.02 Å². The minimum atomic E-state index is -0.533. The summed E-state index contributed by atoms with van der Waals surface area (Å²) in [6, 6.07) is 9.31.